The third kappa shape index (κ3) is 4.98. The summed E-state index contributed by atoms with van der Waals surface area (Å²) in [5.41, 5.74) is 1.56. The highest BCUT2D eigenvalue weighted by molar-refractivity contribution is 9.10. The summed E-state index contributed by atoms with van der Waals surface area (Å²) in [5, 5.41) is 0.743. The van der Waals surface area contributed by atoms with E-state index >= 15 is 0 Å². The van der Waals surface area contributed by atoms with Crippen LogP contribution < -0.4 is 10.4 Å². The van der Waals surface area contributed by atoms with Crippen LogP contribution in [0.3, 0.4) is 0 Å². The predicted molar refractivity (Wildman–Crippen MR) is 106 cm³/mol. The van der Waals surface area contributed by atoms with Crippen LogP contribution in [0.2, 0.25) is 0 Å². The number of aryl methyl sites for hydroxylation is 1. The van der Waals surface area contributed by atoms with Crippen molar-refractivity contribution in [3.05, 3.63) is 74.6 Å². The third-order valence-electron chi connectivity index (χ3n) is 4.05. The zero-order valence-electron chi connectivity index (χ0n) is 14.9. The predicted octanol–water partition coefficient (Wildman–Crippen LogP) is 4.63. The molecule has 6 heteroatoms. The minimum absolute atomic E-state index is 0.0235. The van der Waals surface area contributed by atoms with E-state index in [1.807, 2.05) is 43.3 Å². The number of hydrogen-bond donors (Lipinski definition) is 0. The highest BCUT2D eigenvalue weighted by atomic mass is 79.9. The quantitative estimate of drug-likeness (QED) is 0.403. The largest absolute Gasteiger partial charge is 0.494 e. The van der Waals surface area contributed by atoms with E-state index in [-0.39, 0.29) is 19.0 Å². The van der Waals surface area contributed by atoms with Gasteiger partial charge in [-0.2, -0.15) is 0 Å². The number of rotatable bonds is 7. The maximum absolute atomic E-state index is 12.2. The van der Waals surface area contributed by atoms with Gasteiger partial charge in [0.1, 0.15) is 17.9 Å². The molecule has 0 bridgehead atoms. The van der Waals surface area contributed by atoms with Crippen molar-refractivity contribution in [1.82, 2.24) is 0 Å². The first-order chi connectivity index (χ1) is 13.1. The smallest absolute Gasteiger partial charge is 0.336 e. The van der Waals surface area contributed by atoms with Gasteiger partial charge in [0.2, 0.25) is 0 Å². The summed E-state index contributed by atoms with van der Waals surface area (Å²) >= 11 is 3.35. The van der Waals surface area contributed by atoms with Crippen LogP contribution in [-0.4, -0.2) is 12.6 Å². The molecular weight excluding hydrogens is 412 g/mol. The second-order valence-electron chi connectivity index (χ2n) is 5.93. The molecule has 0 unspecified atom stereocenters. The molecule has 0 saturated heterocycles. The number of carbonyl (C=O) groups is 1. The van der Waals surface area contributed by atoms with E-state index in [0.29, 0.717) is 24.2 Å². The summed E-state index contributed by atoms with van der Waals surface area (Å²) in [6.07, 6.45) is 0.759. The van der Waals surface area contributed by atoms with Gasteiger partial charge in [0.05, 0.1) is 6.61 Å². The molecule has 0 saturated carbocycles. The average molecular weight is 431 g/mol. The van der Waals surface area contributed by atoms with Gasteiger partial charge in [-0.3, -0.25) is 4.79 Å². The van der Waals surface area contributed by atoms with Gasteiger partial charge in [-0.1, -0.05) is 34.1 Å². The lowest BCUT2D eigenvalue weighted by atomic mass is 10.1. The van der Waals surface area contributed by atoms with Crippen LogP contribution >= 0.6 is 15.9 Å². The van der Waals surface area contributed by atoms with Gasteiger partial charge in [0.15, 0.2) is 0 Å². The van der Waals surface area contributed by atoms with Gasteiger partial charge < -0.3 is 13.9 Å². The van der Waals surface area contributed by atoms with E-state index in [1.54, 1.807) is 6.07 Å². The molecule has 0 amide bonds. The van der Waals surface area contributed by atoms with Crippen LogP contribution in [0, 0.1) is 0 Å². The fraction of sp³-hybridized carbons (Fsp3) is 0.238. The molecular formula is C21H19BrO5. The van der Waals surface area contributed by atoms with Crippen molar-refractivity contribution in [2.45, 2.75) is 26.4 Å². The number of halogens is 1. The van der Waals surface area contributed by atoms with Crippen molar-refractivity contribution < 1.29 is 18.7 Å². The summed E-state index contributed by atoms with van der Waals surface area (Å²) in [4.78, 5) is 23.9. The molecule has 1 aromatic heterocycles. The Morgan fingerprint density at radius 2 is 1.93 bits per heavy atom. The summed E-state index contributed by atoms with van der Waals surface area (Å²) in [5.74, 6) is 0.449. The van der Waals surface area contributed by atoms with Crippen molar-refractivity contribution in [2.75, 3.05) is 6.61 Å². The van der Waals surface area contributed by atoms with Crippen LogP contribution in [-0.2, 0) is 22.6 Å². The van der Waals surface area contributed by atoms with Crippen molar-refractivity contribution in [3.63, 3.8) is 0 Å². The Morgan fingerprint density at radius 3 is 2.74 bits per heavy atom. The Balaban J connectivity index is 1.65. The highest BCUT2D eigenvalue weighted by Crippen LogP contribution is 2.23. The highest BCUT2D eigenvalue weighted by Gasteiger charge is 2.11. The first-order valence-corrected chi connectivity index (χ1v) is 9.44. The summed E-state index contributed by atoms with van der Waals surface area (Å²) in [6, 6.07) is 14.4. The van der Waals surface area contributed by atoms with Crippen LogP contribution in [0.25, 0.3) is 11.0 Å². The zero-order valence-corrected chi connectivity index (χ0v) is 16.5. The van der Waals surface area contributed by atoms with Crippen molar-refractivity contribution >= 4 is 32.9 Å². The van der Waals surface area contributed by atoms with Gasteiger partial charge in [-0.05, 0) is 43.2 Å². The average Bonchev–Trinajstić information content (AvgIpc) is 2.65. The molecule has 2 aromatic carbocycles. The molecule has 140 valence electrons. The molecule has 0 aliphatic rings. The Bertz CT molecular complexity index is 1010. The lowest BCUT2D eigenvalue weighted by molar-refractivity contribution is -0.144. The number of carbonyl (C=O) groups excluding carboxylic acids is 1. The maximum Gasteiger partial charge on any atom is 0.336 e. The van der Waals surface area contributed by atoms with E-state index in [4.69, 9.17) is 13.9 Å². The van der Waals surface area contributed by atoms with Gasteiger partial charge in [0.25, 0.3) is 0 Å². The van der Waals surface area contributed by atoms with Gasteiger partial charge >= 0.3 is 11.6 Å². The second kappa shape index (κ2) is 8.86. The van der Waals surface area contributed by atoms with Crippen molar-refractivity contribution in [3.8, 4) is 5.75 Å². The van der Waals surface area contributed by atoms with Crippen molar-refractivity contribution in [1.29, 1.82) is 0 Å². The van der Waals surface area contributed by atoms with Crippen LogP contribution in [0.5, 0.6) is 5.75 Å². The van der Waals surface area contributed by atoms with Crippen LogP contribution in [0.1, 0.15) is 24.5 Å². The Hall–Kier alpha value is -2.60. The molecule has 3 rings (SSSR count). The number of ether oxygens (including phenoxy) is 2. The summed E-state index contributed by atoms with van der Waals surface area (Å²) < 4.78 is 16.9. The molecule has 0 N–H and O–H groups in total. The van der Waals surface area contributed by atoms with Gasteiger partial charge in [-0.25, -0.2) is 4.79 Å². The molecule has 0 spiro atoms. The number of benzene rings is 2. The fourth-order valence-corrected chi connectivity index (χ4v) is 3.14. The van der Waals surface area contributed by atoms with E-state index in [1.165, 1.54) is 6.07 Å². The molecule has 0 aliphatic carbocycles. The van der Waals surface area contributed by atoms with E-state index in [9.17, 15) is 9.59 Å². The van der Waals surface area contributed by atoms with Crippen LogP contribution in [0.4, 0.5) is 0 Å². The minimum atomic E-state index is -0.475. The first-order valence-electron chi connectivity index (χ1n) is 8.65. The second-order valence-corrected chi connectivity index (χ2v) is 6.85. The fourth-order valence-electron chi connectivity index (χ4n) is 2.80. The van der Waals surface area contributed by atoms with Gasteiger partial charge in [0, 0.05) is 27.9 Å². The number of fused-ring (bicyclic) bond motifs is 1. The molecule has 27 heavy (non-hydrogen) atoms. The van der Waals surface area contributed by atoms with Crippen molar-refractivity contribution in [2.24, 2.45) is 0 Å². The topological polar surface area (TPSA) is 65.7 Å². The van der Waals surface area contributed by atoms with E-state index in [2.05, 4.69) is 15.9 Å². The number of esters is 1. The summed E-state index contributed by atoms with van der Waals surface area (Å²) in [7, 11) is 0. The Morgan fingerprint density at radius 1 is 1.11 bits per heavy atom. The molecule has 5 nitrogen and oxygen atoms in total. The maximum atomic E-state index is 12.2. The SMILES string of the molecule is CCOc1ccccc1CCC(=O)OCc1cc(=O)oc2cc(Br)ccc12. The monoisotopic (exact) mass is 430 g/mol. The lowest BCUT2D eigenvalue weighted by Gasteiger charge is -2.10. The molecule has 0 atom stereocenters. The Labute approximate surface area is 165 Å². The number of hydrogen-bond acceptors (Lipinski definition) is 5. The molecule has 0 radical (unpaired) electrons. The summed E-state index contributed by atoms with van der Waals surface area (Å²) in [6.45, 7) is 2.52. The van der Waals surface area contributed by atoms with Crippen LogP contribution in [0.15, 0.2) is 62.2 Å². The molecule has 0 fully saturated rings. The Kier molecular flexibility index (Phi) is 6.29. The molecule has 0 aliphatic heterocycles. The lowest BCUT2D eigenvalue weighted by Crippen LogP contribution is -2.09. The zero-order chi connectivity index (χ0) is 19.2. The van der Waals surface area contributed by atoms with E-state index in [0.717, 1.165) is 21.2 Å². The molecule has 3 aromatic rings. The van der Waals surface area contributed by atoms with E-state index < -0.39 is 5.63 Å². The molecule has 1 heterocycles. The number of para-hydroxylation sites is 1. The standard InChI is InChI=1S/C21H19BrO5/c1-2-25-18-6-4-3-5-14(18)7-10-20(23)26-13-15-11-21(24)27-19-12-16(22)8-9-17(15)19/h3-6,8-9,11-12H,2,7,10,13H2,1H3. The van der Waals surface area contributed by atoms with Gasteiger partial charge in [-0.15, -0.1) is 0 Å². The first kappa shape index (κ1) is 19.2. The normalized spacial score (nSPS) is 10.7. The minimum Gasteiger partial charge on any atom is -0.494 e. The third-order valence-corrected chi connectivity index (χ3v) is 4.55.